The molecule has 4 heterocycles. The highest BCUT2D eigenvalue weighted by atomic mass is 35.5. The van der Waals surface area contributed by atoms with Crippen LogP contribution in [0.4, 0.5) is 0 Å². The molecule has 0 aliphatic carbocycles. The van der Waals surface area contributed by atoms with Gasteiger partial charge in [-0.1, -0.05) is 11.6 Å². The lowest BCUT2D eigenvalue weighted by Crippen LogP contribution is -2.08. The largest absolute Gasteiger partial charge is 0.442 e. The van der Waals surface area contributed by atoms with Gasteiger partial charge in [0.1, 0.15) is 18.6 Å². The van der Waals surface area contributed by atoms with E-state index in [4.69, 9.17) is 20.8 Å². The van der Waals surface area contributed by atoms with Gasteiger partial charge >= 0.3 is 0 Å². The van der Waals surface area contributed by atoms with E-state index >= 15 is 0 Å². The van der Waals surface area contributed by atoms with Gasteiger partial charge in [0.05, 0.1) is 24.1 Å². The zero-order valence-corrected chi connectivity index (χ0v) is 14.5. The summed E-state index contributed by atoms with van der Waals surface area (Å²) < 4.78 is 14.8. The molecule has 1 aliphatic rings. The standard InChI is InChI=1S/C17H13ClN6O2/c1-25-7-15-21-22-17-11-4-10(18)2-3-12(11)24-8-20-16(13(24)6-23(15)17)14-5-19-9-26-14/h2-5,8-9H,6-7H2,1H3. The zero-order chi connectivity index (χ0) is 17.7. The number of ether oxygens (including phenoxy) is 1. The lowest BCUT2D eigenvalue weighted by molar-refractivity contribution is 0.174. The van der Waals surface area contributed by atoms with E-state index in [1.54, 1.807) is 19.6 Å². The number of rotatable bonds is 3. The van der Waals surface area contributed by atoms with E-state index in [1.165, 1.54) is 6.39 Å². The van der Waals surface area contributed by atoms with Crippen LogP contribution in [0.3, 0.4) is 0 Å². The summed E-state index contributed by atoms with van der Waals surface area (Å²) in [5.74, 6) is 2.08. The molecule has 0 N–H and O–H groups in total. The van der Waals surface area contributed by atoms with Crippen molar-refractivity contribution in [1.82, 2.24) is 29.3 Å². The summed E-state index contributed by atoms with van der Waals surface area (Å²) in [6.45, 7) is 0.873. The number of fused-ring (bicyclic) bond motifs is 5. The Labute approximate surface area is 153 Å². The summed E-state index contributed by atoms with van der Waals surface area (Å²) in [6.07, 6.45) is 4.82. The fourth-order valence-corrected chi connectivity index (χ4v) is 3.43. The van der Waals surface area contributed by atoms with Gasteiger partial charge in [-0.05, 0) is 18.2 Å². The molecule has 0 saturated heterocycles. The van der Waals surface area contributed by atoms with Gasteiger partial charge in [-0.25, -0.2) is 9.97 Å². The summed E-state index contributed by atoms with van der Waals surface area (Å²) in [5.41, 5.74) is 3.49. The maximum atomic E-state index is 6.25. The van der Waals surface area contributed by atoms with Gasteiger partial charge in [0.2, 0.25) is 0 Å². The fourth-order valence-electron chi connectivity index (χ4n) is 3.25. The molecule has 5 rings (SSSR count). The van der Waals surface area contributed by atoms with Gasteiger partial charge in [-0.2, -0.15) is 0 Å². The summed E-state index contributed by atoms with van der Waals surface area (Å²) >= 11 is 6.25. The molecule has 0 unspecified atom stereocenters. The molecule has 4 aromatic rings. The summed E-state index contributed by atoms with van der Waals surface area (Å²) in [7, 11) is 1.63. The maximum absolute atomic E-state index is 6.25. The van der Waals surface area contributed by atoms with Crippen LogP contribution in [0.1, 0.15) is 11.5 Å². The number of hydrogen-bond acceptors (Lipinski definition) is 6. The number of methoxy groups -OCH3 is 1. The molecule has 3 aromatic heterocycles. The predicted molar refractivity (Wildman–Crippen MR) is 92.9 cm³/mol. The van der Waals surface area contributed by atoms with Crippen LogP contribution in [-0.2, 0) is 17.9 Å². The molecule has 0 radical (unpaired) electrons. The quantitative estimate of drug-likeness (QED) is 0.487. The number of halogens is 1. The minimum Gasteiger partial charge on any atom is -0.442 e. The van der Waals surface area contributed by atoms with E-state index < -0.39 is 0 Å². The van der Waals surface area contributed by atoms with Crippen molar-refractivity contribution < 1.29 is 9.15 Å². The Morgan fingerprint density at radius 2 is 2.23 bits per heavy atom. The van der Waals surface area contributed by atoms with Crippen LogP contribution in [0.5, 0.6) is 0 Å². The molecule has 0 fully saturated rings. The number of hydrogen-bond donors (Lipinski definition) is 0. The van der Waals surface area contributed by atoms with Crippen LogP contribution in [0, 0.1) is 0 Å². The second-order valence-corrected chi connectivity index (χ2v) is 6.33. The van der Waals surface area contributed by atoms with Crippen molar-refractivity contribution in [3.8, 4) is 28.5 Å². The first-order chi connectivity index (χ1) is 12.8. The first-order valence-corrected chi connectivity index (χ1v) is 8.30. The van der Waals surface area contributed by atoms with Gasteiger partial charge in [-0.15, -0.1) is 10.2 Å². The van der Waals surface area contributed by atoms with Gasteiger partial charge in [0.25, 0.3) is 0 Å². The SMILES string of the molecule is COCc1nnc2n1Cc1c(-c3cnco3)ncn1-c1ccc(Cl)cc1-2. The fraction of sp³-hybridized carbons (Fsp3) is 0.176. The van der Waals surface area contributed by atoms with Crippen LogP contribution in [0.15, 0.2) is 41.5 Å². The average Bonchev–Trinajstić information content (AvgIpc) is 3.35. The third-order valence-corrected chi connectivity index (χ3v) is 4.64. The Morgan fingerprint density at radius 1 is 1.31 bits per heavy atom. The monoisotopic (exact) mass is 368 g/mol. The minimum atomic E-state index is 0.356. The highest BCUT2D eigenvalue weighted by molar-refractivity contribution is 6.31. The van der Waals surface area contributed by atoms with Crippen LogP contribution in [0.2, 0.25) is 5.02 Å². The highest BCUT2D eigenvalue weighted by Crippen LogP contribution is 2.36. The number of benzene rings is 1. The first kappa shape index (κ1) is 15.3. The van der Waals surface area contributed by atoms with Gasteiger partial charge in [0, 0.05) is 17.7 Å². The van der Waals surface area contributed by atoms with E-state index in [0.29, 0.717) is 23.9 Å². The van der Waals surface area contributed by atoms with E-state index in [0.717, 1.165) is 34.3 Å². The number of oxazole rings is 1. The highest BCUT2D eigenvalue weighted by Gasteiger charge is 2.27. The van der Waals surface area contributed by atoms with Gasteiger partial charge in [0.15, 0.2) is 23.8 Å². The number of nitrogens with zero attached hydrogens (tertiary/aromatic N) is 6. The second-order valence-electron chi connectivity index (χ2n) is 5.90. The maximum Gasteiger partial charge on any atom is 0.181 e. The molecular formula is C17H13ClN6O2. The minimum absolute atomic E-state index is 0.356. The van der Waals surface area contributed by atoms with Crippen LogP contribution < -0.4 is 0 Å². The molecular weight excluding hydrogens is 356 g/mol. The van der Waals surface area contributed by atoms with Crippen LogP contribution in [-0.4, -0.2) is 36.4 Å². The van der Waals surface area contributed by atoms with E-state index in [-0.39, 0.29) is 0 Å². The summed E-state index contributed by atoms with van der Waals surface area (Å²) in [4.78, 5) is 8.55. The Hall–Kier alpha value is -2.97. The Bertz CT molecular complexity index is 1100. The van der Waals surface area contributed by atoms with Crippen molar-refractivity contribution in [1.29, 1.82) is 0 Å². The topological polar surface area (TPSA) is 83.8 Å². The first-order valence-electron chi connectivity index (χ1n) is 7.92. The zero-order valence-electron chi connectivity index (χ0n) is 13.8. The van der Waals surface area contributed by atoms with Crippen molar-refractivity contribution in [2.75, 3.05) is 7.11 Å². The normalized spacial score (nSPS) is 12.4. The lowest BCUT2D eigenvalue weighted by Gasteiger charge is -2.08. The van der Waals surface area contributed by atoms with Crippen molar-refractivity contribution in [3.05, 3.63) is 53.7 Å². The van der Waals surface area contributed by atoms with E-state index in [1.807, 2.05) is 27.3 Å². The van der Waals surface area contributed by atoms with Crippen molar-refractivity contribution >= 4 is 11.6 Å². The Balaban J connectivity index is 1.81. The van der Waals surface area contributed by atoms with E-state index in [2.05, 4.69) is 20.2 Å². The molecule has 0 amide bonds. The Kier molecular flexibility index (Phi) is 3.41. The number of imidazole rings is 1. The smallest absolute Gasteiger partial charge is 0.181 e. The molecule has 1 aliphatic heterocycles. The number of aromatic nitrogens is 6. The lowest BCUT2D eigenvalue weighted by atomic mass is 10.1. The van der Waals surface area contributed by atoms with E-state index in [9.17, 15) is 0 Å². The van der Waals surface area contributed by atoms with Gasteiger partial charge < -0.3 is 13.7 Å². The molecule has 8 nitrogen and oxygen atoms in total. The third-order valence-electron chi connectivity index (χ3n) is 4.40. The second kappa shape index (κ2) is 5.79. The van der Waals surface area contributed by atoms with Crippen LogP contribution in [0.25, 0.3) is 28.5 Å². The molecule has 0 spiro atoms. The summed E-state index contributed by atoms with van der Waals surface area (Å²) in [6, 6.07) is 5.69. The van der Waals surface area contributed by atoms with Crippen LogP contribution >= 0.6 is 11.6 Å². The van der Waals surface area contributed by atoms with Crippen molar-refractivity contribution in [3.63, 3.8) is 0 Å². The predicted octanol–water partition coefficient (Wildman–Crippen LogP) is 2.95. The van der Waals surface area contributed by atoms with Gasteiger partial charge in [-0.3, -0.25) is 4.57 Å². The van der Waals surface area contributed by atoms with Crippen molar-refractivity contribution in [2.24, 2.45) is 0 Å². The molecule has 0 bridgehead atoms. The molecule has 1 aromatic carbocycles. The Morgan fingerprint density at radius 3 is 3.04 bits per heavy atom. The molecule has 26 heavy (non-hydrogen) atoms. The molecule has 9 heteroatoms. The third kappa shape index (κ3) is 2.19. The average molecular weight is 369 g/mol. The van der Waals surface area contributed by atoms with Crippen molar-refractivity contribution in [2.45, 2.75) is 13.2 Å². The molecule has 130 valence electrons. The molecule has 0 saturated carbocycles. The molecule has 0 atom stereocenters. The summed E-state index contributed by atoms with van der Waals surface area (Å²) in [5, 5.41) is 9.29.